The Morgan fingerprint density at radius 2 is 1.92 bits per heavy atom. The van der Waals surface area contributed by atoms with E-state index in [4.69, 9.17) is 11.6 Å². The van der Waals surface area contributed by atoms with E-state index < -0.39 is 0 Å². The molecule has 1 amide bonds. The Hall–Kier alpha value is -2.58. The summed E-state index contributed by atoms with van der Waals surface area (Å²) in [5.41, 5.74) is 3.71. The third kappa shape index (κ3) is 3.81. The van der Waals surface area contributed by atoms with Gasteiger partial charge in [-0.25, -0.2) is 4.68 Å². The number of benzene rings is 1. The lowest BCUT2D eigenvalue weighted by atomic mass is 10.1. The first-order chi connectivity index (χ1) is 12.5. The monoisotopic (exact) mass is 368 g/mol. The van der Waals surface area contributed by atoms with E-state index in [-0.39, 0.29) is 11.5 Å². The van der Waals surface area contributed by atoms with Crippen molar-refractivity contribution in [1.29, 1.82) is 5.26 Å². The molecule has 0 bridgehead atoms. The van der Waals surface area contributed by atoms with E-state index in [0.717, 1.165) is 18.4 Å². The van der Waals surface area contributed by atoms with Crippen LogP contribution in [0.3, 0.4) is 0 Å². The maximum Gasteiger partial charge on any atom is 0.264 e. The molecule has 5 nitrogen and oxygen atoms in total. The number of amides is 1. The molecule has 134 valence electrons. The van der Waals surface area contributed by atoms with Crippen molar-refractivity contribution in [2.45, 2.75) is 33.2 Å². The second kappa shape index (κ2) is 7.76. The number of carbonyl (C=O) groups is 1. The van der Waals surface area contributed by atoms with Gasteiger partial charge in [0, 0.05) is 18.7 Å². The lowest BCUT2D eigenvalue weighted by Crippen LogP contribution is -2.28. The second-order valence-corrected chi connectivity index (χ2v) is 6.96. The summed E-state index contributed by atoms with van der Waals surface area (Å²) < 4.78 is 1.70. The Bertz CT molecular complexity index is 884. The Kier molecular flexibility index (Phi) is 5.43. The summed E-state index contributed by atoms with van der Waals surface area (Å²) in [5.74, 6) is -0.230. The molecule has 2 heterocycles. The minimum Gasteiger partial charge on any atom is -0.338 e. The van der Waals surface area contributed by atoms with Gasteiger partial charge in [-0.1, -0.05) is 41.4 Å². The van der Waals surface area contributed by atoms with Gasteiger partial charge in [0.05, 0.1) is 12.2 Å². The van der Waals surface area contributed by atoms with Crippen molar-refractivity contribution in [3.05, 3.63) is 57.4 Å². The molecule has 1 aromatic carbocycles. The highest BCUT2D eigenvalue weighted by Crippen LogP contribution is 2.24. The fraction of sp³-hybridized carbons (Fsp3) is 0.350. The SMILES string of the molecule is Cc1ccc(Cn2nc(C)c(/C=C(\C#N)C(=O)N3CCCC3)c2Cl)cc1. The van der Waals surface area contributed by atoms with E-state index >= 15 is 0 Å². The molecule has 1 aliphatic heterocycles. The molecule has 1 fully saturated rings. The molecule has 1 aliphatic rings. The summed E-state index contributed by atoms with van der Waals surface area (Å²) >= 11 is 6.50. The van der Waals surface area contributed by atoms with Crippen LogP contribution in [0.2, 0.25) is 5.15 Å². The first kappa shape index (κ1) is 18.2. The first-order valence-corrected chi connectivity index (χ1v) is 9.07. The molecular weight excluding hydrogens is 348 g/mol. The number of halogens is 1. The van der Waals surface area contributed by atoms with E-state index in [9.17, 15) is 10.1 Å². The summed E-state index contributed by atoms with van der Waals surface area (Å²) in [6.45, 7) is 5.82. The fourth-order valence-corrected chi connectivity index (χ4v) is 3.37. The highest BCUT2D eigenvalue weighted by molar-refractivity contribution is 6.31. The quantitative estimate of drug-likeness (QED) is 0.610. The van der Waals surface area contributed by atoms with Crippen LogP contribution in [-0.2, 0) is 11.3 Å². The van der Waals surface area contributed by atoms with Crippen LogP contribution in [0.4, 0.5) is 0 Å². The Morgan fingerprint density at radius 1 is 1.27 bits per heavy atom. The van der Waals surface area contributed by atoms with Crippen molar-refractivity contribution in [3.8, 4) is 6.07 Å². The van der Waals surface area contributed by atoms with Crippen LogP contribution in [0.15, 0.2) is 29.8 Å². The molecule has 1 saturated heterocycles. The van der Waals surface area contributed by atoms with Gasteiger partial charge >= 0.3 is 0 Å². The van der Waals surface area contributed by atoms with Gasteiger partial charge in [-0.05, 0) is 38.3 Å². The number of rotatable bonds is 4. The number of hydrogen-bond acceptors (Lipinski definition) is 3. The maximum absolute atomic E-state index is 12.5. The number of hydrogen-bond donors (Lipinski definition) is 0. The summed E-state index contributed by atoms with van der Waals surface area (Å²) in [6, 6.07) is 10.2. The van der Waals surface area contributed by atoms with E-state index in [2.05, 4.69) is 5.10 Å². The Labute approximate surface area is 158 Å². The van der Waals surface area contributed by atoms with Gasteiger partial charge in [0.25, 0.3) is 5.91 Å². The van der Waals surface area contributed by atoms with Crippen LogP contribution in [-0.4, -0.2) is 33.7 Å². The molecular formula is C20H21ClN4O. The topological polar surface area (TPSA) is 61.9 Å². The van der Waals surface area contributed by atoms with Gasteiger partial charge in [-0.3, -0.25) is 4.79 Å². The molecule has 6 heteroatoms. The van der Waals surface area contributed by atoms with Crippen molar-refractivity contribution in [2.24, 2.45) is 0 Å². The van der Waals surface area contributed by atoms with Gasteiger partial charge in [0.15, 0.2) is 0 Å². The van der Waals surface area contributed by atoms with Crippen LogP contribution >= 0.6 is 11.6 Å². The number of aryl methyl sites for hydroxylation is 2. The van der Waals surface area contributed by atoms with Gasteiger partial charge in [0.2, 0.25) is 0 Å². The van der Waals surface area contributed by atoms with E-state index in [1.54, 1.807) is 15.7 Å². The molecule has 0 N–H and O–H groups in total. The first-order valence-electron chi connectivity index (χ1n) is 8.69. The van der Waals surface area contributed by atoms with E-state index in [0.29, 0.717) is 36.0 Å². The van der Waals surface area contributed by atoms with Crippen molar-refractivity contribution in [1.82, 2.24) is 14.7 Å². The molecule has 0 saturated carbocycles. The van der Waals surface area contributed by atoms with Crippen LogP contribution in [0.25, 0.3) is 6.08 Å². The summed E-state index contributed by atoms with van der Waals surface area (Å²) in [6.07, 6.45) is 3.54. The van der Waals surface area contributed by atoms with Gasteiger partial charge in [-0.2, -0.15) is 10.4 Å². The van der Waals surface area contributed by atoms with Crippen LogP contribution in [0.1, 0.15) is 35.2 Å². The minimum absolute atomic E-state index is 0.104. The molecule has 0 spiro atoms. The Balaban J connectivity index is 1.87. The zero-order chi connectivity index (χ0) is 18.7. The van der Waals surface area contributed by atoms with Crippen LogP contribution in [0, 0.1) is 25.2 Å². The molecule has 2 aromatic rings. The smallest absolute Gasteiger partial charge is 0.264 e. The molecule has 26 heavy (non-hydrogen) atoms. The summed E-state index contributed by atoms with van der Waals surface area (Å²) in [5, 5.41) is 14.3. The van der Waals surface area contributed by atoms with Crippen LogP contribution < -0.4 is 0 Å². The lowest BCUT2D eigenvalue weighted by Gasteiger charge is -2.14. The average Bonchev–Trinajstić information content (AvgIpc) is 3.25. The van der Waals surface area contributed by atoms with Crippen molar-refractivity contribution in [2.75, 3.05) is 13.1 Å². The fourth-order valence-electron chi connectivity index (χ4n) is 3.08. The van der Waals surface area contributed by atoms with E-state index in [1.807, 2.05) is 44.2 Å². The normalized spacial score (nSPS) is 14.5. The molecule has 0 aliphatic carbocycles. The van der Waals surface area contributed by atoms with Crippen molar-refractivity contribution >= 4 is 23.6 Å². The number of carbonyl (C=O) groups excluding carboxylic acids is 1. The predicted octanol–water partition coefficient (Wildman–Crippen LogP) is 3.73. The molecule has 0 unspecified atom stereocenters. The predicted molar refractivity (Wildman–Crippen MR) is 102 cm³/mol. The largest absolute Gasteiger partial charge is 0.338 e. The molecule has 1 aromatic heterocycles. The standard InChI is InChI=1S/C20H21ClN4O/c1-14-5-7-16(8-6-14)13-25-19(21)18(15(2)23-25)11-17(12-22)20(26)24-9-3-4-10-24/h5-8,11H,3-4,9-10,13H2,1-2H3/b17-11+. The van der Waals surface area contributed by atoms with Crippen molar-refractivity contribution < 1.29 is 4.79 Å². The average molecular weight is 369 g/mol. The molecule has 3 rings (SSSR count). The minimum atomic E-state index is -0.230. The van der Waals surface area contributed by atoms with Gasteiger partial charge < -0.3 is 4.90 Å². The Morgan fingerprint density at radius 3 is 2.54 bits per heavy atom. The van der Waals surface area contributed by atoms with Crippen molar-refractivity contribution in [3.63, 3.8) is 0 Å². The summed E-state index contributed by atoms with van der Waals surface area (Å²) in [7, 11) is 0. The lowest BCUT2D eigenvalue weighted by molar-refractivity contribution is -0.125. The van der Waals surface area contributed by atoms with Gasteiger partial charge in [0.1, 0.15) is 16.8 Å². The van der Waals surface area contributed by atoms with Gasteiger partial charge in [-0.15, -0.1) is 0 Å². The van der Waals surface area contributed by atoms with E-state index in [1.165, 1.54) is 5.56 Å². The number of nitrogens with zero attached hydrogens (tertiary/aromatic N) is 4. The summed E-state index contributed by atoms with van der Waals surface area (Å²) in [4.78, 5) is 14.2. The van der Waals surface area contributed by atoms with Crippen LogP contribution in [0.5, 0.6) is 0 Å². The zero-order valence-electron chi connectivity index (χ0n) is 15.0. The number of aromatic nitrogens is 2. The zero-order valence-corrected chi connectivity index (χ0v) is 15.8. The third-order valence-electron chi connectivity index (χ3n) is 4.60. The third-order valence-corrected chi connectivity index (χ3v) is 4.99. The molecule has 0 atom stereocenters. The second-order valence-electron chi connectivity index (χ2n) is 6.60. The molecule has 0 radical (unpaired) electrons. The number of nitriles is 1. The highest BCUT2D eigenvalue weighted by Gasteiger charge is 2.23. The maximum atomic E-state index is 12.5. The number of likely N-dealkylation sites (tertiary alicyclic amines) is 1. The highest BCUT2D eigenvalue weighted by atomic mass is 35.5.